The highest BCUT2D eigenvalue weighted by molar-refractivity contribution is 7.89. The van der Waals surface area contributed by atoms with E-state index in [2.05, 4.69) is 9.71 Å². The summed E-state index contributed by atoms with van der Waals surface area (Å²) in [4.78, 5) is 4.32. The van der Waals surface area contributed by atoms with Crippen LogP contribution in [-0.2, 0) is 16.6 Å². The van der Waals surface area contributed by atoms with Gasteiger partial charge in [0, 0.05) is 18.3 Å². The molecule has 0 radical (unpaired) electrons. The van der Waals surface area contributed by atoms with E-state index in [0.717, 1.165) is 0 Å². The number of sulfonamides is 1. The molecular weight excluding hydrogens is 276 g/mol. The zero-order valence-electron chi connectivity index (χ0n) is 11.1. The largest absolute Gasteiger partial charge is 0.478 e. The van der Waals surface area contributed by atoms with E-state index in [1.54, 1.807) is 48.7 Å². The molecule has 2 aromatic rings. The fraction of sp³-hybridized carbons (Fsp3) is 0.214. The first kappa shape index (κ1) is 14.5. The number of benzene rings is 1. The van der Waals surface area contributed by atoms with Crippen molar-refractivity contribution in [3.8, 4) is 5.88 Å². The highest BCUT2D eigenvalue weighted by Crippen LogP contribution is 2.15. The molecular formula is C14H16N2O3S. The highest BCUT2D eigenvalue weighted by Gasteiger charge is 2.14. The van der Waals surface area contributed by atoms with Gasteiger partial charge in [-0.1, -0.05) is 24.3 Å². The van der Waals surface area contributed by atoms with Crippen LogP contribution in [0.1, 0.15) is 12.5 Å². The molecule has 0 aliphatic heterocycles. The molecule has 1 aromatic heterocycles. The van der Waals surface area contributed by atoms with Crippen molar-refractivity contribution in [2.24, 2.45) is 0 Å². The van der Waals surface area contributed by atoms with E-state index < -0.39 is 10.0 Å². The van der Waals surface area contributed by atoms with Crippen molar-refractivity contribution in [1.29, 1.82) is 0 Å². The molecule has 0 spiro atoms. The lowest BCUT2D eigenvalue weighted by atomic mass is 10.3. The summed E-state index contributed by atoms with van der Waals surface area (Å²) in [6.45, 7) is 2.47. The van der Waals surface area contributed by atoms with E-state index in [1.807, 2.05) is 6.92 Å². The first-order valence-electron chi connectivity index (χ1n) is 6.25. The van der Waals surface area contributed by atoms with Crippen molar-refractivity contribution in [3.05, 3.63) is 54.2 Å². The van der Waals surface area contributed by atoms with E-state index in [4.69, 9.17) is 4.74 Å². The fourth-order valence-corrected chi connectivity index (χ4v) is 2.71. The zero-order valence-corrected chi connectivity index (χ0v) is 11.9. The summed E-state index contributed by atoms with van der Waals surface area (Å²) in [6.07, 6.45) is 1.61. The first-order valence-corrected chi connectivity index (χ1v) is 7.73. The lowest BCUT2D eigenvalue weighted by Gasteiger charge is -2.10. The lowest BCUT2D eigenvalue weighted by Crippen LogP contribution is -2.23. The van der Waals surface area contributed by atoms with Crippen LogP contribution in [0.15, 0.2) is 53.6 Å². The number of ether oxygens (including phenoxy) is 1. The smallest absolute Gasteiger partial charge is 0.240 e. The van der Waals surface area contributed by atoms with E-state index in [9.17, 15) is 8.42 Å². The van der Waals surface area contributed by atoms with E-state index >= 15 is 0 Å². The third kappa shape index (κ3) is 3.55. The van der Waals surface area contributed by atoms with Gasteiger partial charge >= 0.3 is 0 Å². The predicted octanol–water partition coefficient (Wildman–Crippen LogP) is 1.96. The molecule has 1 aromatic carbocycles. The van der Waals surface area contributed by atoms with Crippen molar-refractivity contribution in [1.82, 2.24) is 9.71 Å². The summed E-state index contributed by atoms with van der Waals surface area (Å²) in [6, 6.07) is 11.8. The third-order valence-electron chi connectivity index (χ3n) is 2.64. The maximum Gasteiger partial charge on any atom is 0.240 e. The van der Waals surface area contributed by atoms with Crippen LogP contribution >= 0.6 is 0 Å². The van der Waals surface area contributed by atoms with Gasteiger partial charge in [-0.3, -0.25) is 0 Å². The first-order chi connectivity index (χ1) is 9.63. The Morgan fingerprint density at radius 1 is 1.15 bits per heavy atom. The molecule has 6 heteroatoms. The Kier molecular flexibility index (Phi) is 4.70. The molecule has 0 aliphatic carbocycles. The van der Waals surface area contributed by atoms with Gasteiger partial charge in [0.05, 0.1) is 11.5 Å². The van der Waals surface area contributed by atoms with Crippen molar-refractivity contribution >= 4 is 10.0 Å². The van der Waals surface area contributed by atoms with Crippen molar-refractivity contribution < 1.29 is 13.2 Å². The van der Waals surface area contributed by atoms with Crippen molar-refractivity contribution in [3.63, 3.8) is 0 Å². The molecule has 1 heterocycles. The summed E-state index contributed by atoms with van der Waals surface area (Å²) in [7, 11) is -3.52. The van der Waals surface area contributed by atoms with Gasteiger partial charge < -0.3 is 4.74 Å². The van der Waals surface area contributed by atoms with Gasteiger partial charge in [-0.05, 0) is 25.1 Å². The number of hydrogen-bond donors (Lipinski definition) is 1. The van der Waals surface area contributed by atoms with E-state index in [1.165, 1.54) is 0 Å². The average Bonchev–Trinajstić information content (AvgIpc) is 2.48. The summed E-state index contributed by atoms with van der Waals surface area (Å²) in [5.74, 6) is 0.450. The number of hydrogen-bond acceptors (Lipinski definition) is 4. The van der Waals surface area contributed by atoms with Crippen LogP contribution in [0.3, 0.4) is 0 Å². The molecule has 0 aliphatic rings. The average molecular weight is 292 g/mol. The number of aromatic nitrogens is 1. The van der Waals surface area contributed by atoms with Gasteiger partial charge in [-0.2, -0.15) is 0 Å². The topological polar surface area (TPSA) is 68.3 Å². The van der Waals surface area contributed by atoms with Gasteiger partial charge in [0.1, 0.15) is 0 Å². The standard InChI is InChI=1S/C14H16N2O3S/c1-2-19-14-12(7-6-10-15-14)11-16-20(17,18)13-8-4-3-5-9-13/h3-10,16H,2,11H2,1H3. The van der Waals surface area contributed by atoms with E-state index in [0.29, 0.717) is 18.1 Å². The van der Waals surface area contributed by atoms with E-state index in [-0.39, 0.29) is 11.4 Å². The molecule has 106 valence electrons. The maximum absolute atomic E-state index is 12.1. The minimum atomic E-state index is -3.52. The van der Waals surface area contributed by atoms with Gasteiger partial charge in [0.2, 0.25) is 15.9 Å². The van der Waals surface area contributed by atoms with Gasteiger partial charge in [0.15, 0.2) is 0 Å². The lowest BCUT2D eigenvalue weighted by molar-refractivity contribution is 0.322. The van der Waals surface area contributed by atoms with Crippen LogP contribution in [0, 0.1) is 0 Å². The molecule has 0 atom stereocenters. The Balaban J connectivity index is 2.13. The number of nitrogens with zero attached hydrogens (tertiary/aromatic N) is 1. The molecule has 0 amide bonds. The monoisotopic (exact) mass is 292 g/mol. The van der Waals surface area contributed by atoms with Gasteiger partial charge in [-0.25, -0.2) is 18.1 Å². The normalized spacial score (nSPS) is 11.2. The molecule has 0 saturated carbocycles. The SMILES string of the molecule is CCOc1ncccc1CNS(=O)(=O)c1ccccc1. The molecule has 0 bridgehead atoms. The Morgan fingerprint density at radius 3 is 2.60 bits per heavy atom. The molecule has 2 rings (SSSR count). The molecule has 0 unspecified atom stereocenters. The number of pyridine rings is 1. The second-order valence-corrected chi connectivity index (χ2v) is 5.81. The van der Waals surface area contributed by atoms with Crippen LogP contribution in [-0.4, -0.2) is 20.0 Å². The minimum Gasteiger partial charge on any atom is -0.478 e. The maximum atomic E-state index is 12.1. The summed E-state index contributed by atoms with van der Waals surface area (Å²) >= 11 is 0. The van der Waals surface area contributed by atoms with Crippen LogP contribution in [0.2, 0.25) is 0 Å². The van der Waals surface area contributed by atoms with Crippen LogP contribution in [0.5, 0.6) is 5.88 Å². The number of rotatable bonds is 6. The summed E-state index contributed by atoms with van der Waals surface area (Å²) in [5.41, 5.74) is 0.703. The van der Waals surface area contributed by atoms with Crippen LogP contribution in [0.25, 0.3) is 0 Å². The van der Waals surface area contributed by atoms with Gasteiger partial charge in [-0.15, -0.1) is 0 Å². The fourth-order valence-electron chi connectivity index (χ4n) is 1.68. The van der Waals surface area contributed by atoms with Crippen LogP contribution < -0.4 is 9.46 Å². The molecule has 0 fully saturated rings. The van der Waals surface area contributed by atoms with Gasteiger partial charge in [0.25, 0.3) is 0 Å². The van der Waals surface area contributed by atoms with Crippen molar-refractivity contribution in [2.45, 2.75) is 18.4 Å². The van der Waals surface area contributed by atoms with Crippen LogP contribution in [0.4, 0.5) is 0 Å². The second kappa shape index (κ2) is 6.49. The molecule has 0 saturated heterocycles. The Labute approximate surface area is 118 Å². The minimum absolute atomic E-state index is 0.139. The Morgan fingerprint density at radius 2 is 1.90 bits per heavy atom. The summed E-state index contributed by atoms with van der Waals surface area (Å²) in [5, 5.41) is 0. The third-order valence-corrected chi connectivity index (χ3v) is 4.05. The predicted molar refractivity (Wildman–Crippen MR) is 75.9 cm³/mol. The second-order valence-electron chi connectivity index (χ2n) is 4.04. The quantitative estimate of drug-likeness (QED) is 0.883. The Hall–Kier alpha value is -1.92. The molecule has 5 nitrogen and oxygen atoms in total. The summed E-state index contributed by atoms with van der Waals surface area (Å²) < 4.78 is 32.1. The molecule has 1 N–H and O–H groups in total. The number of nitrogens with one attached hydrogen (secondary N) is 1. The Bertz CT molecular complexity index is 657. The molecule has 20 heavy (non-hydrogen) atoms. The van der Waals surface area contributed by atoms with Crippen molar-refractivity contribution in [2.75, 3.05) is 6.61 Å². The zero-order chi connectivity index (χ0) is 14.4. The highest BCUT2D eigenvalue weighted by atomic mass is 32.2.